The fourth-order valence-corrected chi connectivity index (χ4v) is 3.05. The van der Waals surface area contributed by atoms with Gasteiger partial charge in [-0.25, -0.2) is 0 Å². The van der Waals surface area contributed by atoms with E-state index in [1.165, 1.54) is 0 Å². The van der Waals surface area contributed by atoms with Crippen molar-refractivity contribution in [3.05, 3.63) is 0 Å². The second-order valence-electron chi connectivity index (χ2n) is 4.76. The van der Waals surface area contributed by atoms with Gasteiger partial charge < -0.3 is 5.11 Å². The average molecular weight is 179 g/mol. The number of aliphatic hydroxyl groups is 1. The first-order valence-corrected chi connectivity index (χ1v) is 5.28. The van der Waals surface area contributed by atoms with E-state index in [1.807, 2.05) is 0 Å². The van der Waals surface area contributed by atoms with Gasteiger partial charge >= 0.3 is 0 Å². The van der Waals surface area contributed by atoms with Gasteiger partial charge in [-0.15, -0.1) is 0 Å². The molecule has 2 aliphatic rings. The van der Waals surface area contributed by atoms with Crippen LogP contribution < -0.4 is 0 Å². The molecule has 0 radical (unpaired) electrons. The van der Waals surface area contributed by atoms with E-state index in [-0.39, 0.29) is 5.41 Å². The van der Waals surface area contributed by atoms with E-state index in [2.05, 4.69) is 13.0 Å². The Hall–Kier alpha value is -0.550. The molecular weight excluding hydrogens is 162 g/mol. The number of rotatable bonds is 1. The number of hydrogen-bond acceptors (Lipinski definition) is 2. The first-order chi connectivity index (χ1) is 6.15. The molecule has 0 saturated heterocycles. The van der Waals surface area contributed by atoms with E-state index in [9.17, 15) is 5.11 Å². The lowest BCUT2D eigenvalue weighted by atomic mass is 9.57. The lowest BCUT2D eigenvalue weighted by molar-refractivity contribution is -0.115. The minimum Gasteiger partial charge on any atom is -0.388 e. The quantitative estimate of drug-likeness (QED) is 0.670. The Bertz CT molecular complexity index is 251. The molecule has 2 saturated carbocycles. The van der Waals surface area contributed by atoms with Crippen molar-refractivity contribution >= 4 is 0 Å². The highest BCUT2D eigenvalue weighted by molar-refractivity contribution is 5.18. The summed E-state index contributed by atoms with van der Waals surface area (Å²) in [7, 11) is 0. The monoisotopic (exact) mass is 179 g/mol. The molecule has 13 heavy (non-hydrogen) atoms. The molecule has 2 rings (SSSR count). The minimum absolute atomic E-state index is 0.312. The van der Waals surface area contributed by atoms with E-state index < -0.39 is 5.60 Å². The van der Waals surface area contributed by atoms with Crippen LogP contribution in [-0.4, -0.2) is 10.7 Å². The maximum atomic E-state index is 10.5. The summed E-state index contributed by atoms with van der Waals surface area (Å²) in [4.78, 5) is 0. The highest BCUT2D eigenvalue weighted by atomic mass is 16.3. The first kappa shape index (κ1) is 9.02. The molecule has 0 bridgehead atoms. The summed E-state index contributed by atoms with van der Waals surface area (Å²) < 4.78 is 0. The summed E-state index contributed by atoms with van der Waals surface area (Å²) in [6.45, 7) is 2.09. The molecule has 0 aliphatic heterocycles. The van der Waals surface area contributed by atoms with Gasteiger partial charge in [0.2, 0.25) is 0 Å². The Balaban J connectivity index is 2.27. The third-order valence-electron chi connectivity index (χ3n) is 4.26. The molecule has 0 aromatic heterocycles. The molecule has 0 heterocycles. The van der Waals surface area contributed by atoms with Crippen LogP contribution in [0.2, 0.25) is 0 Å². The highest BCUT2D eigenvalue weighted by Gasteiger charge is 2.58. The molecule has 0 aromatic carbocycles. The molecule has 1 N–H and O–H groups in total. The molecule has 2 fully saturated rings. The summed E-state index contributed by atoms with van der Waals surface area (Å²) in [5, 5.41) is 19.7. The number of nitriles is 1. The van der Waals surface area contributed by atoms with Crippen LogP contribution in [0.4, 0.5) is 0 Å². The summed E-state index contributed by atoms with van der Waals surface area (Å²) in [6.07, 6.45) is 5.93. The summed E-state index contributed by atoms with van der Waals surface area (Å²) in [6, 6.07) is 2.38. The largest absolute Gasteiger partial charge is 0.388 e. The van der Waals surface area contributed by atoms with E-state index in [0.717, 1.165) is 38.5 Å². The zero-order valence-corrected chi connectivity index (χ0v) is 8.21. The molecule has 2 nitrogen and oxygen atoms in total. The van der Waals surface area contributed by atoms with Crippen LogP contribution in [0.25, 0.3) is 0 Å². The maximum absolute atomic E-state index is 10.5. The molecule has 2 heteroatoms. The summed E-state index contributed by atoms with van der Waals surface area (Å²) >= 11 is 0. The Morgan fingerprint density at radius 1 is 1.31 bits per heavy atom. The number of hydrogen-bond donors (Lipinski definition) is 1. The Morgan fingerprint density at radius 2 is 2.00 bits per heavy atom. The van der Waals surface area contributed by atoms with Gasteiger partial charge in [0.15, 0.2) is 0 Å². The molecule has 2 atom stereocenters. The van der Waals surface area contributed by atoms with Gasteiger partial charge in [-0.05, 0) is 31.6 Å². The predicted molar refractivity (Wildman–Crippen MR) is 49.9 cm³/mol. The minimum atomic E-state index is -0.667. The fourth-order valence-electron chi connectivity index (χ4n) is 3.05. The lowest BCUT2D eigenvalue weighted by Gasteiger charge is -2.49. The third-order valence-corrected chi connectivity index (χ3v) is 4.26. The van der Waals surface area contributed by atoms with Crippen molar-refractivity contribution in [2.24, 2.45) is 11.3 Å². The van der Waals surface area contributed by atoms with Crippen LogP contribution in [-0.2, 0) is 0 Å². The second-order valence-corrected chi connectivity index (χ2v) is 4.76. The molecule has 0 amide bonds. The summed E-state index contributed by atoms with van der Waals surface area (Å²) in [5.41, 5.74) is -1.05. The van der Waals surface area contributed by atoms with Crippen LogP contribution >= 0.6 is 0 Å². The van der Waals surface area contributed by atoms with Gasteiger partial charge in [0.1, 0.15) is 0 Å². The van der Waals surface area contributed by atoms with Gasteiger partial charge in [-0.3, -0.25) is 0 Å². The van der Waals surface area contributed by atoms with Gasteiger partial charge in [-0.1, -0.05) is 19.8 Å². The number of nitrogens with zero attached hydrogens (tertiary/aromatic N) is 1. The van der Waals surface area contributed by atoms with Crippen molar-refractivity contribution in [2.45, 2.75) is 51.0 Å². The van der Waals surface area contributed by atoms with Crippen LogP contribution in [0.3, 0.4) is 0 Å². The van der Waals surface area contributed by atoms with Crippen LogP contribution in [0.15, 0.2) is 0 Å². The van der Waals surface area contributed by atoms with Gasteiger partial charge in [-0.2, -0.15) is 5.26 Å². The van der Waals surface area contributed by atoms with E-state index in [1.54, 1.807) is 0 Å². The maximum Gasteiger partial charge on any atom is 0.0862 e. The Kier molecular flexibility index (Phi) is 1.89. The fraction of sp³-hybridized carbons (Fsp3) is 0.909. The van der Waals surface area contributed by atoms with Crippen molar-refractivity contribution in [1.82, 2.24) is 0 Å². The Labute approximate surface area is 79.6 Å². The Morgan fingerprint density at radius 3 is 2.31 bits per heavy atom. The van der Waals surface area contributed by atoms with Gasteiger partial charge in [0.05, 0.1) is 17.1 Å². The third kappa shape index (κ3) is 0.971. The second kappa shape index (κ2) is 2.72. The van der Waals surface area contributed by atoms with E-state index in [0.29, 0.717) is 5.92 Å². The normalized spacial score (nSPS) is 42.4. The molecule has 2 unspecified atom stereocenters. The molecular formula is C11H17NO. The zero-order chi connectivity index (χ0) is 9.53. The molecule has 0 aromatic rings. The van der Waals surface area contributed by atoms with Crippen LogP contribution in [0.1, 0.15) is 45.4 Å². The van der Waals surface area contributed by atoms with Gasteiger partial charge in [0.25, 0.3) is 0 Å². The summed E-state index contributed by atoms with van der Waals surface area (Å²) in [5.74, 6) is 0.312. The average Bonchev–Trinajstić information content (AvgIpc) is 2.32. The van der Waals surface area contributed by atoms with Crippen molar-refractivity contribution in [3.8, 4) is 6.07 Å². The van der Waals surface area contributed by atoms with Crippen molar-refractivity contribution in [1.29, 1.82) is 5.26 Å². The van der Waals surface area contributed by atoms with Crippen molar-refractivity contribution in [3.63, 3.8) is 0 Å². The zero-order valence-electron chi connectivity index (χ0n) is 8.21. The first-order valence-electron chi connectivity index (χ1n) is 5.28. The lowest BCUT2D eigenvalue weighted by Crippen LogP contribution is -2.53. The predicted octanol–water partition coefficient (Wildman–Crippen LogP) is 2.23. The van der Waals surface area contributed by atoms with E-state index in [4.69, 9.17) is 5.26 Å². The standard InChI is InChI=1S/C11H17NO/c1-9-4-2-7-11(9,13)10(8-12)5-3-6-10/h9,13H,2-7H2,1H3. The van der Waals surface area contributed by atoms with Gasteiger partial charge in [0, 0.05) is 0 Å². The van der Waals surface area contributed by atoms with Crippen molar-refractivity contribution < 1.29 is 5.11 Å². The van der Waals surface area contributed by atoms with Crippen LogP contribution in [0.5, 0.6) is 0 Å². The highest BCUT2D eigenvalue weighted by Crippen LogP contribution is 2.57. The molecule has 2 aliphatic carbocycles. The SMILES string of the molecule is CC1CCCC1(O)C1(C#N)CCC1. The topological polar surface area (TPSA) is 44.0 Å². The molecule has 0 spiro atoms. The van der Waals surface area contributed by atoms with Crippen molar-refractivity contribution in [2.75, 3.05) is 0 Å². The molecule has 72 valence electrons. The van der Waals surface area contributed by atoms with E-state index >= 15 is 0 Å². The smallest absolute Gasteiger partial charge is 0.0862 e. The van der Waals surface area contributed by atoms with Crippen LogP contribution in [0, 0.1) is 22.7 Å².